The lowest BCUT2D eigenvalue weighted by Crippen LogP contribution is -2.46. The van der Waals surface area contributed by atoms with E-state index < -0.39 is 0 Å². The number of aromatic nitrogens is 1. The third-order valence-electron chi connectivity index (χ3n) is 3.25. The van der Waals surface area contributed by atoms with Crippen LogP contribution in [0.2, 0.25) is 0 Å². The second-order valence-corrected chi connectivity index (χ2v) is 5.44. The Morgan fingerprint density at radius 1 is 1.42 bits per heavy atom. The van der Waals surface area contributed by atoms with Crippen molar-refractivity contribution in [3.63, 3.8) is 0 Å². The van der Waals surface area contributed by atoms with Crippen molar-refractivity contribution in [2.75, 3.05) is 13.1 Å². The minimum atomic E-state index is -0.172. The molecular weight excluding hydrogens is 310 g/mol. The molecule has 1 saturated heterocycles. The predicted molar refractivity (Wildman–Crippen MR) is 74.7 cm³/mol. The van der Waals surface area contributed by atoms with Gasteiger partial charge in [0.15, 0.2) is 0 Å². The number of piperidine rings is 1. The fourth-order valence-electron chi connectivity index (χ4n) is 2.15. The van der Waals surface area contributed by atoms with E-state index >= 15 is 0 Å². The SMILES string of the molecule is CC(=O)N1CCC(NC(=O)c2ncccc2Br)CC1. The van der Waals surface area contributed by atoms with Crippen molar-refractivity contribution in [3.8, 4) is 0 Å². The second kappa shape index (κ2) is 6.14. The number of pyridine rings is 1. The molecule has 5 nitrogen and oxygen atoms in total. The first kappa shape index (κ1) is 14.0. The van der Waals surface area contributed by atoms with Crippen LogP contribution in [-0.4, -0.2) is 40.8 Å². The summed E-state index contributed by atoms with van der Waals surface area (Å²) in [5.41, 5.74) is 0.400. The third-order valence-corrected chi connectivity index (χ3v) is 3.89. The molecule has 2 heterocycles. The lowest BCUT2D eigenvalue weighted by molar-refractivity contribution is -0.129. The van der Waals surface area contributed by atoms with Crippen LogP contribution in [-0.2, 0) is 4.79 Å². The predicted octanol–water partition coefficient (Wildman–Crippen LogP) is 1.58. The highest BCUT2D eigenvalue weighted by Gasteiger charge is 2.23. The van der Waals surface area contributed by atoms with Gasteiger partial charge in [-0.15, -0.1) is 0 Å². The molecule has 1 aliphatic heterocycles. The van der Waals surface area contributed by atoms with Gasteiger partial charge >= 0.3 is 0 Å². The molecule has 0 saturated carbocycles. The molecule has 1 aliphatic rings. The van der Waals surface area contributed by atoms with Gasteiger partial charge in [0.2, 0.25) is 5.91 Å². The Morgan fingerprint density at radius 2 is 2.11 bits per heavy atom. The van der Waals surface area contributed by atoms with E-state index in [1.165, 1.54) is 0 Å². The van der Waals surface area contributed by atoms with Gasteiger partial charge in [0.25, 0.3) is 5.91 Å². The first-order valence-electron chi connectivity index (χ1n) is 6.25. The normalized spacial score (nSPS) is 16.2. The van der Waals surface area contributed by atoms with Gasteiger partial charge in [0.05, 0.1) is 0 Å². The van der Waals surface area contributed by atoms with Crippen LogP contribution in [0.1, 0.15) is 30.3 Å². The Kier molecular flexibility index (Phi) is 4.52. The van der Waals surface area contributed by atoms with Crippen LogP contribution in [0.25, 0.3) is 0 Å². The Morgan fingerprint density at radius 3 is 2.68 bits per heavy atom. The van der Waals surface area contributed by atoms with Crippen molar-refractivity contribution in [2.45, 2.75) is 25.8 Å². The fraction of sp³-hybridized carbons (Fsp3) is 0.462. The first-order valence-corrected chi connectivity index (χ1v) is 7.04. The van der Waals surface area contributed by atoms with Crippen LogP contribution >= 0.6 is 15.9 Å². The van der Waals surface area contributed by atoms with Gasteiger partial charge in [-0.2, -0.15) is 0 Å². The number of halogens is 1. The molecule has 102 valence electrons. The van der Waals surface area contributed by atoms with Crippen molar-refractivity contribution >= 4 is 27.7 Å². The summed E-state index contributed by atoms with van der Waals surface area (Å²) in [6, 6.07) is 3.67. The van der Waals surface area contributed by atoms with Gasteiger partial charge in [0.1, 0.15) is 5.69 Å². The maximum absolute atomic E-state index is 12.1. The quantitative estimate of drug-likeness (QED) is 0.898. The van der Waals surface area contributed by atoms with E-state index in [-0.39, 0.29) is 17.9 Å². The van der Waals surface area contributed by atoms with Gasteiger partial charge in [0, 0.05) is 36.7 Å². The summed E-state index contributed by atoms with van der Waals surface area (Å²) in [7, 11) is 0. The van der Waals surface area contributed by atoms with Crippen molar-refractivity contribution in [2.24, 2.45) is 0 Å². The number of hydrogen-bond donors (Lipinski definition) is 1. The van der Waals surface area contributed by atoms with Gasteiger partial charge in [-0.05, 0) is 40.9 Å². The number of carbonyl (C=O) groups is 2. The number of rotatable bonds is 2. The van der Waals surface area contributed by atoms with Crippen LogP contribution in [0, 0.1) is 0 Å². The number of amides is 2. The summed E-state index contributed by atoms with van der Waals surface area (Å²) in [5, 5.41) is 2.97. The molecule has 1 aromatic rings. The molecule has 0 bridgehead atoms. The van der Waals surface area contributed by atoms with Crippen molar-refractivity contribution in [1.82, 2.24) is 15.2 Å². The zero-order chi connectivity index (χ0) is 13.8. The topological polar surface area (TPSA) is 62.3 Å². The Hall–Kier alpha value is -1.43. The standard InChI is InChI=1S/C13H16BrN3O2/c1-9(18)17-7-4-10(5-8-17)16-13(19)12-11(14)3-2-6-15-12/h2-3,6,10H,4-5,7-8H2,1H3,(H,16,19). The monoisotopic (exact) mass is 325 g/mol. The Labute approximate surface area is 120 Å². The number of nitrogens with zero attached hydrogens (tertiary/aromatic N) is 2. The number of nitrogens with one attached hydrogen (secondary N) is 1. The molecule has 6 heteroatoms. The summed E-state index contributed by atoms with van der Waals surface area (Å²) in [6.45, 7) is 2.97. The van der Waals surface area contributed by atoms with Crippen molar-refractivity contribution < 1.29 is 9.59 Å². The molecule has 1 N–H and O–H groups in total. The van der Waals surface area contributed by atoms with E-state index in [0.717, 1.165) is 12.8 Å². The highest BCUT2D eigenvalue weighted by molar-refractivity contribution is 9.10. The molecule has 0 atom stereocenters. The number of hydrogen-bond acceptors (Lipinski definition) is 3. The minimum Gasteiger partial charge on any atom is -0.348 e. The van der Waals surface area contributed by atoms with Gasteiger partial charge in [-0.3, -0.25) is 9.59 Å². The highest BCUT2D eigenvalue weighted by Crippen LogP contribution is 2.15. The van der Waals surface area contributed by atoms with E-state index in [0.29, 0.717) is 23.3 Å². The summed E-state index contributed by atoms with van der Waals surface area (Å²) in [6.07, 6.45) is 3.17. The third kappa shape index (κ3) is 3.53. The first-order chi connectivity index (χ1) is 9.08. The Bertz CT molecular complexity index is 485. The van der Waals surface area contributed by atoms with Crippen LogP contribution in [0.15, 0.2) is 22.8 Å². The summed E-state index contributed by atoms with van der Waals surface area (Å²) in [4.78, 5) is 29.1. The lowest BCUT2D eigenvalue weighted by atomic mass is 10.0. The smallest absolute Gasteiger partial charge is 0.271 e. The van der Waals surface area contributed by atoms with Gasteiger partial charge in [-0.1, -0.05) is 0 Å². The molecule has 2 rings (SSSR count). The van der Waals surface area contributed by atoms with Gasteiger partial charge < -0.3 is 10.2 Å². The lowest BCUT2D eigenvalue weighted by Gasteiger charge is -2.31. The second-order valence-electron chi connectivity index (χ2n) is 4.59. The molecule has 0 aliphatic carbocycles. The fourth-order valence-corrected chi connectivity index (χ4v) is 2.58. The van der Waals surface area contributed by atoms with Crippen LogP contribution in [0.5, 0.6) is 0 Å². The number of likely N-dealkylation sites (tertiary alicyclic amines) is 1. The van der Waals surface area contributed by atoms with Crippen LogP contribution < -0.4 is 5.32 Å². The molecule has 19 heavy (non-hydrogen) atoms. The summed E-state index contributed by atoms with van der Waals surface area (Å²) >= 11 is 3.31. The maximum atomic E-state index is 12.1. The van der Waals surface area contributed by atoms with Crippen molar-refractivity contribution in [3.05, 3.63) is 28.5 Å². The average molecular weight is 326 g/mol. The summed E-state index contributed by atoms with van der Waals surface area (Å²) < 4.78 is 0.689. The molecule has 0 spiro atoms. The van der Waals surface area contributed by atoms with E-state index in [1.54, 1.807) is 30.2 Å². The van der Waals surface area contributed by atoms with E-state index in [9.17, 15) is 9.59 Å². The molecule has 0 unspecified atom stereocenters. The zero-order valence-electron chi connectivity index (χ0n) is 10.7. The maximum Gasteiger partial charge on any atom is 0.271 e. The van der Waals surface area contributed by atoms with E-state index in [2.05, 4.69) is 26.2 Å². The molecule has 0 aromatic carbocycles. The molecule has 0 radical (unpaired) electrons. The molecule has 1 aromatic heterocycles. The summed E-state index contributed by atoms with van der Waals surface area (Å²) in [5.74, 6) is -0.0778. The molecule has 1 fully saturated rings. The Balaban J connectivity index is 1.91. The van der Waals surface area contributed by atoms with E-state index in [1.807, 2.05) is 0 Å². The molecule has 2 amide bonds. The average Bonchev–Trinajstić information content (AvgIpc) is 2.39. The van der Waals surface area contributed by atoms with Crippen LogP contribution in [0.3, 0.4) is 0 Å². The van der Waals surface area contributed by atoms with E-state index in [4.69, 9.17) is 0 Å². The highest BCUT2D eigenvalue weighted by atomic mass is 79.9. The minimum absolute atomic E-state index is 0.0947. The number of carbonyl (C=O) groups excluding carboxylic acids is 2. The zero-order valence-corrected chi connectivity index (χ0v) is 12.3. The van der Waals surface area contributed by atoms with Crippen molar-refractivity contribution in [1.29, 1.82) is 0 Å². The van der Waals surface area contributed by atoms with Crippen LogP contribution in [0.4, 0.5) is 0 Å². The largest absolute Gasteiger partial charge is 0.348 e. The molecular formula is C13H16BrN3O2. The van der Waals surface area contributed by atoms with Gasteiger partial charge in [-0.25, -0.2) is 4.98 Å².